The summed E-state index contributed by atoms with van der Waals surface area (Å²) in [6.45, 7) is 4.08. The maximum Gasteiger partial charge on any atom is 0.420 e. The molecule has 0 aliphatic heterocycles. The predicted octanol–water partition coefficient (Wildman–Crippen LogP) is 3.33. The van der Waals surface area contributed by atoms with Crippen molar-refractivity contribution in [2.75, 3.05) is 0 Å². The molecule has 3 rings (SSSR count). The number of rotatable bonds is 5. The largest absolute Gasteiger partial charge is 0.420 e. The number of hydrogen-bond donors (Lipinski definition) is 0. The standard InChI is InChI=1S/C16H20N2O3/c1-3-11(4-2)18-13-9-17-8-12(15(13)21-16(18)20)14(19)10-6-5-7-10/h8-11H,3-7H2,1-2H3. The molecule has 1 saturated carbocycles. The summed E-state index contributed by atoms with van der Waals surface area (Å²) < 4.78 is 7.04. The van der Waals surface area contributed by atoms with Gasteiger partial charge in [-0.3, -0.25) is 14.3 Å². The SMILES string of the molecule is CCC(CC)n1c(=O)oc2c(C(=O)C3CCC3)cncc21. The molecule has 0 radical (unpaired) electrons. The third-order valence-corrected chi connectivity index (χ3v) is 4.57. The van der Waals surface area contributed by atoms with Gasteiger partial charge in [0.05, 0.1) is 11.8 Å². The highest BCUT2D eigenvalue weighted by Gasteiger charge is 2.29. The predicted molar refractivity (Wildman–Crippen MR) is 79.6 cm³/mol. The summed E-state index contributed by atoms with van der Waals surface area (Å²) in [5.74, 6) is -0.265. The minimum atomic E-state index is -0.394. The van der Waals surface area contributed by atoms with Gasteiger partial charge in [-0.15, -0.1) is 0 Å². The normalized spacial score (nSPS) is 15.6. The van der Waals surface area contributed by atoms with Gasteiger partial charge in [0.2, 0.25) is 0 Å². The second-order valence-electron chi connectivity index (χ2n) is 5.74. The molecule has 112 valence electrons. The van der Waals surface area contributed by atoms with Gasteiger partial charge in [0.15, 0.2) is 11.4 Å². The molecular weight excluding hydrogens is 268 g/mol. The van der Waals surface area contributed by atoms with E-state index >= 15 is 0 Å². The Bertz CT molecular complexity index is 721. The third-order valence-electron chi connectivity index (χ3n) is 4.57. The molecule has 21 heavy (non-hydrogen) atoms. The van der Waals surface area contributed by atoms with E-state index in [9.17, 15) is 9.59 Å². The molecule has 1 fully saturated rings. The Morgan fingerprint density at radius 3 is 2.67 bits per heavy atom. The van der Waals surface area contributed by atoms with Crippen molar-refractivity contribution in [2.45, 2.75) is 52.0 Å². The number of aromatic nitrogens is 2. The van der Waals surface area contributed by atoms with Crippen LogP contribution in [-0.2, 0) is 0 Å². The minimum absolute atomic E-state index is 0.0600. The smallest absolute Gasteiger partial charge is 0.407 e. The van der Waals surface area contributed by atoms with Crippen LogP contribution in [0.1, 0.15) is 62.4 Å². The van der Waals surface area contributed by atoms with Crippen LogP contribution in [0.2, 0.25) is 0 Å². The molecule has 2 heterocycles. The summed E-state index contributed by atoms with van der Waals surface area (Å²) in [6.07, 6.45) is 7.77. The van der Waals surface area contributed by atoms with Crippen LogP contribution >= 0.6 is 0 Å². The van der Waals surface area contributed by atoms with Crippen molar-refractivity contribution in [3.05, 3.63) is 28.5 Å². The van der Waals surface area contributed by atoms with Crippen LogP contribution in [0.5, 0.6) is 0 Å². The summed E-state index contributed by atoms with van der Waals surface area (Å²) in [6, 6.07) is 0.0783. The Kier molecular flexibility index (Phi) is 3.66. The molecule has 0 spiro atoms. The second kappa shape index (κ2) is 5.47. The number of hydrogen-bond acceptors (Lipinski definition) is 4. The number of nitrogens with zero attached hydrogens (tertiary/aromatic N) is 2. The zero-order valence-electron chi connectivity index (χ0n) is 12.5. The lowest BCUT2D eigenvalue weighted by Gasteiger charge is -2.23. The van der Waals surface area contributed by atoms with E-state index in [-0.39, 0.29) is 17.7 Å². The van der Waals surface area contributed by atoms with Gasteiger partial charge in [0, 0.05) is 18.2 Å². The molecule has 1 aliphatic carbocycles. The fourth-order valence-electron chi connectivity index (χ4n) is 3.02. The molecule has 1 aliphatic rings. The topological polar surface area (TPSA) is 65.1 Å². The van der Waals surface area contributed by atoms with Crippen LogP contribution in [0.4, 0.5) is 0 Å². The number of Topliss-reactive ketones (excluding diaryl/α,β-unsaturated/α-hetero) is 1. The van der Waals surface area contributed by atoms with Gasteiger partial charge in [0.1, 0.15) is 5.52 Å². The van der Waals surface area contributed by atoms with Crippen LogP contribution in [-0.4, -0.2) is 15.3 Å². The van der Waals surface area contributed by atoms with Crippen molar-refractivity contribution < 1.29 is 9.21 Å². The Labute approximate surface area is 123 Å². The van der Waals surface area contributed by atoms with Crippen molar-refractivity contribution >= 4 is 16.9 Å². The van der Waals surface area contributed by atoms with E-state index < -0.39 is 5.76 Å². The molecule has 0 unspecified atom stereocenters. The lowest BCUT2D eigenvalue weighted by atomic mass is 9.80. The van der Waals surface area contributed by atoms with Crippen molar-refractivity contribution in [1.29, 1.82) is 0 Å². The van der Waals surface area contributed by atoms with E-state index in [0.29, 0.717) is 16.7 Å². The molecule has 0 atom stereocenters. The van der Waals surface area contributed by atoms with Gasteiger partial charge < -0.3 is 4.42 Å². The molecule has 0 amide bonds. The highest BCUT2D eigenvalue weighted by atomic mass is 16.4. The van der Waals surface area contributed by atoms with Gasteiger partial charge in [-0.25, -0.2) is 4.79 Å². The zero-order valence-corrected chi connectivity index (χ0v) is 12.5. The van der Waals surface area contributed by atoms with Gasteiger partial charge in [-0.05, 0) is 25.7 Å². The summed E-state index contributed by atoms with van der Waals surface area (Å²) in [5, 5.41) is 0. The quantitative estimate of drug-likeness (QED) is 0.791. The third kappa shape index (κ3) is 2.20. The minimum Gasteiger partial charge on any atom is -0.407 e. The van der Waals surface area contributed by atoms with E-state index in [1.165, 1.54) is 6.20 Å². The van der Waals surface area contributed by atoms with E-state index in [4.69, 9.17) is 4.42 Å². The van der Waals surface area contributed by atoms with Crippen molar-refractivity contribution in [3.8, 4) is 0 Å². The first-order valence-electron chi connectivity index (χ1n) is 7.70. The zero-order chi connectivity index (χ0) is 15.0. The summed E-state index contributed by atoms with van der Waals surface area (Å²) in [5.41, 5.74) is 1.50. The molecule has 5 heteroatoms. The van der Waals surface area contributed by atoms with Crippen LogP contribution < -0.4 is 5.76 Å². The Morgan fingerprint density at radius 1 is 1.38 bits per heavy atom. The monoisotopic (exact) mass is 288 g/mol. The average molecular weight is 288 g/mol. The van der Waals surface area contributed by atoms with Crippen LogP contribution in [0.15, 0.2) is 21.6 Å². The maximum atomic E-state index is 12.5. The van der Waals surface area contributed by atoms with Crippen LogP contribution in [0.25, 0.3) is 11.1 Å². The van der Waals surface area contributed by atoms with Gasteiger partial charge in [-0.2, -0.15) is 0 Å². The lowest BCUT2D eigenvalue weighted by molar-refractivity contribution is 0.0855. The van der Waals surface area contributed by atoms with E-state index in [2.05, 4.69) is 4.98 Å². The van der Waals surface area contributed by atoms with Crippen LogP contribution in [0.3, 0.4) is 0 Å². The van der Waals surface area contributed by atoms with E-state index in [1.54, 1.807) is 10.8 Å². The second-order valence-corrected chi connectivity index (χ2v) is 5.74. The fourth-order valence-corrected chi connectivity index (χ4v) is 3.02. The number of carbonyl (C=O) groups excluding carboxylic acids is 1. The van der Waals surface area contributed by atoms with Crippen molar-refractivity contribution in [1.82, 2.24) is 9.55 Å². The lowest BCUT2D eigenvalue weighted by Crippen LogP contribution is -2.22. The summed E-state index contributed by atoms with van der Waals surface area (Å²) in [4.78, 5) is 28.8. The Balaban J connectivity index is 2.14. The number of fused-ring (bicyclic) bond motifs is 1. The number of oxazole rings is 1. The molecule has 2 aromatic heterocycles. The molecule has 0 aromatic carbocycles. The first kappa shape index (κ1) is 14.0. The molecule has 0 saturated heterocycles. The van der Waals surface area contributed by atoms with Crippen LogP contribution in [0, 0.1) is 5.92 Å². The average Bonchev–Trinajstić information content (AvgIpc) is 2.75. The first-order valence-corrected chi connectivity index (χ1v) is 7.70. The summed E-state index contributed by atoms with van der Waals surface area (Å²) in [7, 11) is 0. The molecule has 2 aromatic rings. The highest BCUT2D eigenvalue weighted by molar-refractivity contribution is 6.06. The molecular formula is C16H20N2O3. The van der Waals surface area contributed by atoms with Crippen molar-refractivity contribution in [2.24, 2.45) is 5.92 Å². The fraction of sp³-hybridized carbons (Fsp3) is 0.562. The van der Waals surface area contributed by atoms with Gasteiger partial charge >= 0.3 is 5.76 Å². The number of pyridine rings is 1. The summed E-state index contributed by atoms with van der Waals surface area (Å²) >= 11 is 0. The first-order chi connectivity index (χ1) is 10.2. The molecule has 0 bridgehead atoms. The Hall–Kier alpha value is -1.91. The van der Waals surface area contributed by atoms with Gasteiger partial charge in [-0.1, -0.05) is 20.3 Å². The molecule has 5 nitrogen and oxygen atoms in total. The van der Waals surface area contributed by atoms with E-state index in [0.717, 1.165) is 32.1 Å². The number of carbonyl (C=O) groups is 1. The number of ketones is 1. The Morgan fingerprint density at radius 2 is 2.10 bits per heavy atom. The maximum absolute atomic E-state index is 12.5. The van der Waals surface area contributed by atoms with E-state index in [1.807, 2.05) is 13.8 Å². The van der Waals surface area contributed by atoms with Gasteiger partial charge in [0.25, 0.3) is 0 Å². The highest BCUT2D eigenvalue weighted by Crippen LogP contribution is 2.32. The van der Waals surface area contributed by atoms with Crippen molar-refractivity contribution in [3.63, 3.8) is 0 Å². The molecule has 0 N–H and O–H groups in total.